The minimum Gasteiger partial charge on any atom is -0.469 e. The van der Waals surface area contributed by atoms with Gasteiger partial charge in [-0.1, -0.05) is 0 Å². The molecule has 94 valence electrons. The fourth-order valence-electron chi connectivity index (χ4n) is 2.04. The van der Waals surface area contributed by atoms with Crippen molar-refractivity contribution in [1.29, 1.82) is 0 Å². The van der Waals surface area contributed by atoms with Crippen LogP contribution in [0.25, 0.3) is 0 Å². The fraction of sp³-hybridized carbons (Fsp3) is 0.900. The van der Waals surface area contributed by atoms with Gasteiger partial charge in [-0.3, -0.25) is 4.79 Å². The van der Waals surface area contributed by atoms with Gasteiger partial charge in [0.1, 0.15) is 9.84 Å². The second-order valence-corrected chi connectivity index (χ2v) is 6.38. The Kier molecular flexibility index (Phi) is 4.73. The van der Waals surface area contributed by atoms with E-state index in [-0.39, 0.29) is 35.9 Å². The number of hydrogen-bond donors (Lipinski definition) is 0. The van der Waals surface area contributed by atoms with Crippen molar-refractivity contribution in [3.63, 3.8) is 0 Å². The van der Waals surface area contributed by atoms with E-state index in [4.69, 9.17) is 9.47 Å². The quantitative estimate of drug-likeness (QED) is 0.669. The lowest BCUT2D eigenvalue weighted by Gasteiger charge is -2.27. The van der Waals surface area contributed by atoms with Crippen molar-refractivity contribution in [1.82, 2.24) is 0 Å². The van der Waals surface area contributed by atoms with Gasteiger partial charge in [0.2, 0.25) is 0 Å². The van der Waals surface area contributed by atoms with Crippen LogP contribution in [0.15, 0.2) is 0 Å². The van der Waals surface area contributed by atoms with Crippen LogP contribution in [-0.4, -0.2) is 46.7 Å². The molecule has 1 rings (SSSR count). The lowest BCUT2D eigenvalue weighted by Crippen LogP contribution is -2.35. The van der Waals surface area contributed by atoms with Gasteiger partial charge in [-0.05, 0) is 18.8 Å². The summed E-state index contributed by atoms with van der Waals surface area (Å²) in [5.74, 6) is -0.281. The van der Waals surface area contributed by atoms with E-state index < -0.39 is 9.84 Å². The van der Waals surface area contributed by atoms with E-state index in [2.05, 4.69) is 0 Å². The first-order valence-corrected chi connectivity index (χ1v) is 7.09. The average Bonchev–Trinajstić information content (AvgIpc) is 2.25. The Labute approximate surface area is 96.0 Å². The molecule has 1 saturated heterocycles. The van der Waals surface area contributed by atoms with Crippen LogP contribution in [-0.2, 0) is 24.1 Å². The topological polar surface area (TPSA) is 69.7 Å². The summed E-state index contributed by atoms with van der Waals surface area (Å²) < 4.78 is 32.2. The van der Waals surface area contributed by atoms with Crippen LogP contribution in [0.2, 0.25) is 0 Å². The Bertz CT molecular complexity index is 321. The molecule has 0 radical (unpaired) electrons. The maximum atomic E-state index is 11.5. The largest absolute Gasteiger partial charge is 0.469 e. The van der Waals surface area contributed by atoms with Gasteiger partial charge in [0.05, 0.1) is 31.1 Å². The van der Waals surface area contributed by atoms with E-state index in [0.717, 1.165) is 0 Å². The smallest absolute Gasteiger partial charge is 0.311 e. The van der Waals surface area contributed by atoms with Crippen molar-refractivity contribution in [2.75, 3.05) is 32.3 Å². The number of sulfone groups is 1. The fourth-order valence-corrected chi connectivity index (χ4v) is 3.57. The third-order valence-electron chi connectivity index (χ3n) is 3.02. The van der Waals surface area contributed by atoms with Gasteiger partial charge in [-0.15, -0.1) is 0 Å². The summed E-state index contributed by atoms with van der Waals surface area (Å²) in [5, 5.41) is 0. The van der Waals surface area contributed by atoms with Crippen LogP contribution in [0, 0.1) is 11.8 Å². The summed E-state index contributed by atoms with van der Waals surface area (Å²) in [7, 11) is -0.0283. The summed E-state index contributed by atoms with van der Waals surface area (Å²) in [6.07, 6.45) is 1.04. The number of carbonyl (C=O) groups is 1. The first kappa shape index (κ1) is 13.4. The molecule has 1 aliphatic heterocycles. The molecule has 0 bridgehead atoms. The average molecular weight is 250 g/mol. The van der Waals surface area contributed by atoms with Crippen molar-refractivity contribution in [2.45, 2.75) is 12.8 Å². The van der Waals surface area contributed by atoms with Crippen molar-refractivity contribution < 1.29 is 22.7 Å². The zero-order valence-electron chi connectivity index (χ0n) is 9.64. The SMILES string of the molecule is COCC(C(=O)OC)C1CCS(=O)(=O)CC1. The van der Waals surface area contributed by atoms with E-state index in [1.807, 2.05) is 0 Å². The van der Waals surface area contributed by atoms with Gasteiger partial charge in [0.15, 0.2) is 0 Å². The monoisotopic (exact) mass is 250 g/mol. The Hall–Kier alpha value is -0.620. The molecule has 1 aliphatic rings. The zero-order valence-corrected chi connectivity index (χ0v) is 10.5. The molecule has 0 aromatic heterocycles. The van der Waals surface area contributed by atoms with Crippen molar-refractivity contribution in [3.05, 3.63) is 0 Å². The lowest BCUT2D eigenvalue weighted by molar-refractivity contribution is -0.149. The van der Waals surface area contributed by atoms with Gasteiger partial charge in [-0.2, -0.15) is 0 Å². The highest BCUT2D eigenvalue weighted by atomic mass is 32.2. The predicted molar refractivity (Wildman–Crippen MR) is 58.8 cm³/mol. The van der Waals surface area contributed by atoms with Crippen LogP contribution in [0.5, 0.6) is 0 Å². The van der Waals surface area contributed by atoms with Gasteiger partial charge in [0.25, 0.3) is 0 Å². The number of ether oxygens (including phenoxy) is 2. The number of hydrogen-bond acceptors (Lipinski definition) is 5. The van der Waals surface area contributed by atoms with E-state index in [9.17, 15) is 13.2 Å². The molecule has 16 heavy (non-hydrogen) atoms. The minimum absolute atomic E-state index is 0.0518. The molecule has 0 aromatic rings. The minimum atomic E-state index is -2.89. The Morgan fingerprint density at radius 1 is 1.31 bits per heavy atom. The summed E-state index contributed by atoms with van der Waals surface area (Å²) >= 11 is 0. The van der Waals surface area contributed by atoms with Gasteiger partial charge in [-0.25, -0.2) is 8.42 Å². The standard InChI is InChI=1S/C10H18O5S/c1-14-7-9(10(11)15-2)8-3-5-16(12,13)6-4-8/h8-9H,3-7H2,1-2H3. The van der Waals surface area contributed by atoms with Crippen LogP contribution in [0.3, 0.4) is 0 Å². The molecule has 5 nitrogen and oxygen atoms in total. The third kappa shape index (κ3) is 3.45. The first-order valence-electron chi connectivity index (χ1n) is 5.27. The highest BCUT2D eigenvalue weighted by Gasteiger charge is 2.34. The van der Waals surface area contributed by atoms with E-state index in [1.54, 1.807) is 0 Å². The molecule has 0 N–H and O–H groups in total. The van der Waals surface area contributed by atoms with E-state index >= 15 is 0 Å². The second-order valence-electron chi connectivity index (χ2n) is 4.07. The second kappa shape index (κ2) is 5.63. The summed E-state index contributed by atoms with van der Waals surface area (Å²) in [6.45, 7) is 0.289. The van der Waals surface area contributed by atoms with Crippen molar-refractivity contribution in [2.24, 2.45) is 11.8 Å². The maximum absolute atomic E-state index is 11.5. The Morgan fingerprint density at radius 2 is 1.88 bits per heavy atom. The number of esters is 1. The number of rotatable bonds is 4. The molecule has 0 spiro atoms. The maximum Gasteiger partial charge on any atom is 0.311 e. The van der Waals surface area contributed by atoms with Crippen molar-refractivity contribution in [3.8, 4) is 0 Å². The van der Waals surface area contributed by atoms with Gasteiger partial charge >= 0.3 is 5.97 Å². The van der Waals surface area contributed by atoms with Crippen molar-refractivity contribution >= 4 is 15.8 Å². The molecule has 0 aromatic carbocycles. The zero-order chi connectivity index (χ0) is 12.2. The van der Waals surface area contributed by atoms with Crippen LogP contribution < -0.4 is 0 Å². The predicted octanol–water partition coefficient (Wildman–Crippen LogP) is 0.247. The Balaban J connectivity index is 2.63. The summed E-state index contributed by atoms with van der Waals surface area (Å²) in [5.41, 5.74) is 0. The van der Waals surface area contributed by atoms with E-state index in [1.165, 1.54) is 14.2 Å². The molecule has 1 heterocycles. The van der Waals surface area contributed by atoms with Gasteiger partial charge < -0.3 is 9.47 Å². The van der Waals surface area contributed by atoms with Crippen LogP contribution in [0.1, 0.15) is 12.8 Å². The first-order chi connectivity index (χ1) is 7.50. The van der Waals surface area contributed by atoms with E-state index in [0.29, 0.717) is 12.8 Å². The molecule has 0 amide bonds. The number of carbonyl (C=O) groups excluding carboxylic acids is 1. The van der Waals surface area contributed by atoms with Crippen LogP contribution in [0.4, 0.5) is 0 Å². The molecule has 1 atom stereocenters. The van der Waals surface area contributed by atoms with Gasteiger partial charge in [0, 0.05) is 7.11 Å². The normalized spacial score (nSPS) is 22.6. The third-order valence-corrected chi connectivity index (χ3v) is 4.73. The molecule has 1 unspecified atom stereocenters. The molecular weight excluding hydrogens is 232 g/mol. The summed E-state index contributed by atoms with van der Waals surface area (Å²) in [6, 6.07) is 0. The molecular formula is C10H18O5S. The molecule has 0 aliphatic carbocycles. The Morgan fingerprint density at radius 3 is 2.31 bits per heavy atom. The highest BCUT2D eigenvalue weighted by Crippen LogP contribution is 2.27. The lowest BCUT2D eigenvalue weighted by atomic mass is 9.88. The highest BCUT2D eigenvalue weighted by molar-refractivity contribution is 7.91. The number of methoxy groups -OCH3 is 2. The summed E-state index contributed by atoms with van der Waals surface area (Å²) in [4.78, 5) is 11.5. The molecule has 6 heteroatoms. The molecule has 0 saturated carbocycles. The van der Waals surface area contributed by atoms with Crippen LogP contribution >= 0.6 is 0 Å². The molecule has 1 fully saturated rings.